The van der Waals surface area contributed by atoms with Crippen molar-refractivity contribution in [3.05, 3.63) is 94.0 Å². The molecular formula is C29H34BrN3O4S. The first-order valence-electron chi connectivity index (χ1n) is 12.4. The maximum atomic E-state index is 13.9. The standard InChI is InChI=1S/C29H34BrN3O4S/c1-20(2)31-29(35)23(5)32(18-24-13-9-21(3)10-14-24)28(34)19-33(26-8-6-7-25(30)17-26)38(36,37)27-15-11-22(4)12-16-27/h6-17,20,23H,18-19H2,1-5H3,(H,31,35). The normalized spacial score (nSPS) is 12.2. The van der Waals surface area contributed by atoms with Crippen LogP contribution in [0.4, 0.5) is 5.69 Å². The molecule has 1 atom stereocenters. The van der Waals surface area contributed by atoms with Crippen molar-refractivity contribution in [3.63, 3.8) is 0 Å². The fourth-order valence-electron chi connectivity index (χ4n) is 3.88. The lowest BCUT2D eigenvalue weighted by molar-refractivity contribution is -0.139. The van der Waals surface area contributed by atoms with E-state index in [0.717, 1.165) is 21.0 Å². The lowest BCUT2D eigenvalue weighted by Gasteiger charge is -2.32. The molecule has 0 bridgehead atoms. The van der Waals surface area contributed by atoms with Crippen LogP contribution in [0.15, 0.2) is 82.2 Å². The number of amides is 2. The van der Waals surface area contributed by atoms with Crippen LogP contribution in [-0.4, -0.2) is 43.8 Å². The summed E-state index contributed by atoms with van der Waals surface area (Å²) in [7, 11) is -4.10. The van der Waals surface area contributed by atoms with Crippen molar-refractivity contribution >= 4 is 43.5 Å². The molecule has 9 heteroatoms. The highest BCUT2D eigenvalue weighted by Gasteiger charge is 2.32. The van der Waals surface area contributed by atoms with Gasteiger partial charge in [-0.2, -0.15) is 0 Å². The summed E-state index contributed by atoms with van der Waals surface area (Å²) in [6, 6.07) is 20.0. The summed E-state index contributed by atoms with van der Waals surface area (Å²) in [6.45, 7) is 8.87. The van der Waals surface area contributed by atoms with Crippen molar-refractivity contribution in [2.24, 2.45) is 0 Å². The number of rotatable bonds is 10. The largest absolute Gasteiger partial charge is 0.352 e. The Morgan fingerprint density at radius 1 is 0.895 bits per heavy atom. The van der Waals surface area contributed by atoms with E-state index in [9.17, 15) is 18.0 Å². The Morgan fingerprint density at radius 3 is 2.03 bits per heavy atom. The quantitative estimate of drug-likeness (QED) is 0.347. The van der Waals surface area contributed by atoms with Crippen molar-refractivity contribution in [1.82, 2.24) is 10.2 Å². The highest BCUT2D eigenvalue weighted by Crippen LogP contribution is 2.27. The third-order valence-corrected chi connectivity index (χ3v) is 8.34. The van der Waals surface area contributed by atoms with Crippen molar-refractivity contribution in [1.29, 1.82) is 0 Å². The van der Waals surface area contributed by atoms with Gasteiger partial charge in [0, 0.05) is 17.1 Å². The molecule has 3 rings (SSSR count). The van der Waals surface area contributed by atoms with E-state index in [4.69, 9.17) is 0 Å². The fourth-order valence-corrected chi connectivity index (χ4v) is 5.67. The molecule has 7 nitrogen and oxygen atoms in total. The van der Waals surface area contributed by atoms with Gasteiger partial charge in [-0.15, -0.1) is 0 Å². The third-order valence-electron chi connectivity index (χ3n) is 6.06. The van der Waals surface area contributed by atoms with E-state index >= 15 is 0 Å². The van der Waals surface area contributed by atoms with Gasteiger partial charge in [-0.25, -0.2) is 8.42 Å². The molecule has 0 aliphatic rings. The molecule has 1 N–H and O–H groups in total. The molecule has 3 aromatic carbocycles. The number of nitrogens with one attached hydrogen (secondary N) is 1. The number of halogens is 1. The number of sulfonamides is 1. The van der Waals surface area contributed by atoms with E-state index in [2.05, 4.69) is 21.2 Å². The van der Waals surface area contributed by atoms with E-state index < -0.39 is 28.5 Å². The van der Waals surface area contributed by atoms with Gasteiger partial charge in [-0.05, 0) is 70.5 Å². The summed E-state index contributed by atoms with van der Waals surface area (Å²) in [5.74, 6) is -0.802. The van der Waals surface area contributed by atoms with Gasteiger partial charge in [0.15, 0.2) is 0 Å². The maximum Gasteiger partial charge on any atom is 0.264 e. The Bertz CT molecular complexity index is 1370. The van der Waals surface area contributed by atoms with Crippen LogP contribution in [-0.2, 0) is 26.2 Å². The van der Waals surface area contributed by atoms with Gasteiger partial charge in [-0.1, -0.05) is 69.5 Å². The van der Waals surface area contributed by atoms with Gasteiger partial charge < -0.3 is 10.2 Å². The van der Waals surface area contributed by atoms with Crippen LogP contribution in [0, 0.1) is 13.8 Å². The SMILES string of the molecule is Cc1ccc(CN(C(=O)CN(c2cccc(Br)c2)S(=O)(=O)c2ccc(C)cc2)C(C)C(=O)NC(C)C)cc1. The predicted octanol–water partition coefficient (Wildman–Crippen LogP) is 5.20. The molecule has 0 aliphatic carbocycles. The first-order valence-corrected chi connectivity index (χ1v) is 14.6. The molecule has 0 fully saturated rings. The smallest absolute Gasteiger partial charge is 0.264 e. The Hall–Kier alpha value is -3.17. The van der Waals surface area contributed by atoms with E-state index in [1.165, 1.54) is 17.0 Å². The molecule has 0 radical (unpaired) electrons. The number of aryl methyl sites for hydroxylation is 2. The number of carbonyl (C=O) groups excluding carboxylic acids is 2. The number of carbonyl (C=O) groups is 2. The van der Waals surface area contributed by atoms with Crippen molar-refractivity contribution in [2.75, 3.05) is 10.8 Å². The molecule has 1 unspecified atom stereocenters. The Balaban J connectivity index is 2.03. The number of nitrogens with zero attached hydrogens (tertiary/aromatic N) is 2. The van der Waals surface area contributed by atoms with E-state index in [1.807, 2.05) is 52.0 Å². The summed E-state index contributed by atoms with van der Waals surface area (Å²) >= 11 is 3.40. The minimum Gasteiger partial charge on any atom is -0.352 e. The number of anilines is 1. The van der Waals surface area contributed by atoms with Crippen molar-refractivity contribution in [2.45, 2.75) is 58.1 Å². The van der Waals surface area contributed by atoms with E-state index in [-0.39, 0.29) is 23.4 Å². The van der Waals surface area contributed by atoms with Crippen LogP contribution in [0.2, 0.25) is 0 Å². The Morgan fingerprint density at radius 2 is 1.47 bits per heavy atom. The van der Waals surface area contributed by atoms with Gasteiger partial charge in [0.25, 0.3) is 10.0 Å². The lowest BCUT2D eigenvalue weighted by Crippen LogP contribution is -2.52. The minimum atomic E-state index is -4.10. The van der Waals surface area contributed by atoms with Gasteiger partial charge in [0.1, 0.15) is 12.6 Å². The fraction of sp³-hybridized carbons (Fsp3) is 0.310. The molecule has 0 heterocycles. The molecule has 3 aromatic rings. The van der Waals surface area contributed by atoms with Crippen LogP contribution < -0.4 is 9.62 Å². The van der Waals surface area contributed by atoms with Crippen LogP contribution in [0.3, 0.4) is 0 Å². The number of hydrogen-bond acceptors (Lipinski definition) is 4. The van der Waals surface area contributed by atoms with Gasteiger partial charge in [0.2, 0.25) is 11.8 Å². The predicted molar refractivity (Wildman–Crippen MR) is 154 cm³/mol. The summed E-state index contributed by atoms with van der Waals surface area (Å²) in [4.78, 5) is 28.3. The molecule has 202 valence electrons. The molecule has 0 saturated heterocycles. The zero-order chi connectivity index (χ0) is 28.0. The first kappa shape index (κ1) is 29.4. The highest BCUT2D eigenvalue weighted by molar-refractivity contribution is 9.10. The van der Waals surface area contributed by atoms with Crippen molar-refractivity contribution < 1.29 is 18.0 Å². The van der Waals surface area contributed by atoms with Gasteiger partial charge in [0.05, 0.1) is 10.6 Å². The average molecular weight is 601 g/mol. The van der Waals surface area contributed by atoms with E-state index in [0.29, 0.717) is 10.2 Å². The molecule has 0 aliphatic heterocycles. The zero-order valence-electron chi connectivity index (χ0n) is 22.3. The monoisotopic (exact) mass is 599 g/mol. The minimum absolute atomic E-state index is 0.0755. The second-order valence-corrected chi connectivity index (χ2v) is 12.4. The van der Waals surface area contributed by atoms with Gasteiger partial charge >= 0.3 is 0 Å². The molecular weight excluding hydrogens is 566 g/mol. The molecule has 0 saturated carbocycles. The summed E-state index contributed by atoms with van der Waals surface area (Å²) in [5.41, 5.74) is 3.16. The lowest BCUT2D eigenvalue weighted by atomic mass is 10.1. The number of benzene rings is 3. The topological polar surface area (TPSA) is 86.8 Å². The second kappa shape index (κ2) is 12.6. The molecule has 0 spiro atoms. The highest BCUT2D eigenvalue weighted by atomic mass is 79.9. The first-order chi connectivity index (χ1) is 17.9. The molecule has 0 aromatic heterocycles. The zero-order valence-corrected chi connectivity index (χ0v) is 24.7. The van der Waals surface area contributed by atoms with Crippen LogP contribution >= 0.6 is 15.9 Å². The molecule has 38 heavy (non-hydrogen) atoms. The Kier molecular flexibility index (Phi) is 9.73. The van der Waals surface area contributed by atoms with Gasteiger partial charge in [-0.3, -0.25) is 13.9 Å². The summed E-state index contributed by atoms with van der Waals surface area (Å²) in [6.07, 6.45) is 0. The van der Waals surface area contributed by atoms with Crippen LogP contribution in [0.1, 0.15) is 37.5 Å². The van der Waals surface area contributed by atoms with Crippen LogP contribution in [0.25, 0.3) is 0 Å². The third kappa shape index (κ3) is 7.45. The van der Waals surface area contributed by atoms with Crippen LogP contribution in [0.5, 0.6) is 0 Å². The molecule has 2 amide bonds. The van der Waals surface area contributed by atoms with E-state index in [1.54, 1.807) is 43.3 Å². The average Bonchev–Trinajstić information content (AvgIpc) is 2.86. The summed E-state index contributed by atoms with van der Waals surface area (Å²) < 4.78 is 29.4. The summed E-state index contributed by atoms with van der Waals surface area (Å²) in [5, 5.41) is 2.86. The maximum absolute atomic E-state index is 13.9. The number of hydrogen-bond donors (Lipinski definition) is 1. The Labute approximate surface area is 234 Å². The second-order valence-electron chi connectivity index (χ2n) is 9.65. The van der Waals surface area contributed by atoms with Crippen molar-refractivity contribution in [3.8, 4) is 0 Å².